The molecular formula is C16H22N2O2. The first-order valence-corrected chi connectivity index (χ1v) is 7.47. The van der Waals surface area contributed by atoms with Gasteiger partial charge in [0.05, 0.1) is 12.5 Å². The van der Waals surface area contributed by atoms with Gasteiger partial charge in [0.15, 0.2) is 0 Å². The molecule has 2 saturated heterocycles. The molecule has 2 fully saturated rings. The standard InChI is InChI=1S/C16H22N2O2/c19-15-9-16(20)18(12-15)11-14-5-3-13(4-6-14)10-17-7-1-2-8-17/h3-6,15,19H,1-2,7-12H2. The molecule has 0 spiro atoms. The Kier molecular flexibility index (Phi) is 4.03. The van der Waals surface area contributed by atoms with Crippen molar-refractivity contribution in [2.75, 3.05) is 19.6 Å². The number of carbonyl (C=O) groups is 1. The zero-order valence-electron chi connectivity index (χ0n) is 11.8. The van der Waals surface area contributed by atoms with E-state index < -0.39 is 6.10 Å². The maximum absolute atomic E-state index is 11.6. The lowest BCUT2D eigenvalue weighted by Gasteiger charge is -2.17. The van der Waals surface area contributed by atoms with E-state index in [0.717, 1.165) is 12.1 Å². The van der Waals surface area contributed by atoms with Crippen LogP contribution in [0.1, 0.15) is 30.4 Å². The predicted octanol–water partition coefficient (Wildman–Crippen LogP) is 1.38. The summed E-state index contributed by atoms with van der Waals surface area (Å²) in [7, 11) is 0. The van der Waals surface area contributed by atoms with E-state index in [1.54, 1.807) is 4.90 Å². The van der Waals surface area contributed by atoms with Gasteiger partial charge in [-0.3, -0.25) is 9.69 Å². The Balaban J connectivity index is 1.57. The van der Waals surface area contributed by atoms with Gasteiger partial charge >= 0.3 is 0 Å². The number of nitrogens with zero attached hydrogens (tertiary/aromatic N) is 2. The Morgan fingerprint density at radius 3 is 2.20 bits per heavy atom. The quantitative estimate of drug-likeness (QED) is 0.902. The largest absolute Gasteiger partial charge is 0.391 e. The molecule has 3 rings (SSSR count). The summed E-state index contributed by atoms with van der Waals surface area (Å²) in [6, 6.07) is 8.52. The zero-order chi connectivity index (χ0) is 13.9. The first-order chi connectivity index (χ1) is 9.70. The molecule has 1 unspecified atom stereocenters. The third-order valence-electron chi connectivity index (χ3n) is 4.20. The topological polar surface area (TPSA) is 43.8 Å². The number of rotatable bonds is 4. The van der Waals surface area contributed by atoms with Crippen molar-refractivity contribution in [2.45, 2.75) is 38.5 Å². The van der Waals surface area contributed by atoms with Crippen LogP contribution < -0.4 is 0 Å². The minimum Gasteiger partial charge on any atom is -0.391 e. The van der Waals surface area contributed by atoms with Gasteiger partial charge in [-0.25, -0.2) is 0 Å². The lowest BCUT2D eigenvalue weighted by atomic mass is 10.1. The van der Waals surface area contributed by atoms with Crippen LogP contribution in [0.15, 0.2) is 24.3 Å². The molecule has 0 saturated carbocycles. The predicted molar refractivity (Wildman–Crippen MR) is 77.0 cm³/mol. The van der Waals surface area contributed by atoms with Gasteiger partial charge in [0.2, 0.25) is 5.91 Å². The zero-order valence-corrected chi connectivity index (χ0v) is 11.8. The highest BCUT2D eigenvalue weighted by molar-refractivity contribution is 5.79. The Morgan fingerprint density at radius 2 is 1.65 bits per heavy atom. The average molecular weight is 274 g/mol. The van der Waals surface area contributed by atoms with Crippen molar-refractivity contribution in [3.05, 3.63) is 35.4 Å². The maximum atomic E-state index is 11.6. The highest BCUT2D eigenvalue weighted by Gasteiger charge is 2.27. The normalized spacial score (nSPS) is 23.8. The highest BCUT2D eigenvalue weighted by Crippen LogP contribution is 2.17. The first-order valence-electron chi connectivity index (χ1n) is 7.47. The van der Waals surface area contributed by atoms with Gasteiger partial charge in [0.25, 0.3) is 0 Å². The molecular weight excluding hydrogens is 252 g/mol. The van der Waals surface area contributed by atoms with Gasteiger partial charge < -0.3 is 10.0 Å². The van der Waals surface area contributed by atoms with E-state index in [0.29, 0.717) is 13.1 Å². The summed E-state index contributed by atoms with van der Waals surface area (Å²) in [6.07, 6.45) is 2.42. The fraction of sp³-hybridized carbons (Fsp3) is 0.562. The molecule has 1 atom stereocenters. The molecule has 2 heterocycles. The first kappa shape index (κ1) is 13.6. The average Bonchev–Trinajstić information content (AvgIpc) is 3.03. The molecule has 20 heavy (non-hydrogen) atoms. The van der Waals surface area contributed by atoms with Gasteiger partial charge in [-0.2, -0.15) is 0 Å². The van der Waals surface area contributed by atoms with Crippen molar-refractivity contribution in [3.63, 3.8) is 0 Å². The number of aliphatic hydroxyl groups is 1. The van der Waals surface area contributed by atoms with Gasteiger partial charge in [0.1, 0.15) is 0 Å². The fourth-order valence-electron chi connectivity index (χ4n) is 3.07. The SMILES string of the molecule is O=C1CC(O)CN1Cc1ccc(CN2CCCC2)cc1. The van der Waals surface area contributed by atoms with Crippen LogP contribution in [0.3, 0.4) is 0 Å². The van der Waals surface area contributed by atoms with Crippen LogP contribution >= 0.6 is 0 Å². The summed E-state index contributed by atoms with van der Waals surface area (Å²) in [6.45, 7) is 4.53. The molecule has 0 aliphatic carbocycles. The van der Waals surface area contributed by atoms with E-state index >= 15 is 0 Å². The summed E-state index contributed by atoms with van der Waals surface area (Å²) in [5, 5.41) is 9.48. The van der Waals surface area contributed by atoms with Crippen LogP contribution in [0, 0.1) is 0 Å². The van der Waals surface area contributed by atoms with Gasteiger partial charge in [-0.05, 0) is 37.1 Å². The summed E-state index contributed by atoms with van der Waals surface area (Å²) in [5.74, 6) is 0.0543. The van der Waals surface area contributed by atoms with E-state index in [1.807, 2.05) is 0 Å². The van der Waals surface area contributed by atoms with E-state index in [-0.39, 0.29) is 12.3 Å². The second kappa shape index (κ2) is 5.94. The molecule has 1 N–H and O–H groups in total. The molecule has 1 amide bonds. The van der Waals surface area contributed by atoms with Crippen LogP contribution in [0.25, 0.3) is 0 Å². The van der Waals surface area contributed by atoms with Gasteiger partial charge in [-0.15, -0.1) is 0 Å². The van der Waals surface area contributed by atoms with Crippen molar-refractivity contribution >= 4 is 5.91 Å². The van der Waals surface area contributed by atoms with Crippen LogP contribution in [0.4, 0.5) is 0 Å². The Labute approximate surface area is 120 Å². The minimum absolute atomic E-state index is 0.0543. The number of likely N-dealkylation sites (tertiary alicyclic amines) is 2. The summed E-state index contributed by atoms with van der Waals surface area (Å²) in [5.41, 5.74) is 2.47. The third kappa shape index (κ3) is 3.19. The molecule has 0 bridgehead atoms. The van der Waals surface area contributed by atoms with Crippen LogP contribution in [-0.4, -0.2) is 46.6 Å². The molecule has 4 nitrogen and oxygen atoms in total. The molecule has 2 aliphatic heterocycles. The Morgan fingerprint density at radius 1 is 1.05 bits per heavy atom. The molecule has 1 aromatic carbocycles. The third-order valence-corrected chi connectivity index (χ3v) is 4.20. The van der Waals surface area contributed by atoms with Crippen molar-refractivity contribution in [1.82, 2.24) is 9.80 Å². The number of aliphatic hydroxyl groups excluding tert-OH is 1. The van der Waals surface area contributed by atoms with Crippen LogP contribution in [0.2, 0.25) is 0 Å². The molecule has 108 valence electrons. The van der Waals surface area contributed by atoms with E-state index in [1.165, 1.54) is 31.5 Å². The second-order valence-electron chi connectivity index (χ2n) is 5.93. The smallest absolute Gasteiger partial charge is 0.225 e. The lowest BCUT2D eigenvalue weighted by molar-refractivity contribution is -0.128. The Bertz CT molecular complexity index is 466. The second-order valence-corrected chi connectivity index (χ2v) is 5.93. The number of hydrogen-bond donors (Lipinski definition) is 1. The van der Waals surface area contributed by atoms with Crippen molar-refractivity contribution in [1.29, 1.82) is 0 Å². The van der Waals surface area contributed by atoms with Crippen molar-refractivity contribution < 1.29 is 9.90 Å². The molecule has 2 aliphatic rings. The summed E-state index contributed by atoms with van der Waals surface area (Å²) >= 11 is 0. The number of β-amino-alcohol motifs (C(OH)–C–C–N with tert-alkyl or cyclic N) is 1. The van der Waals surface area contributed by atoms with E-state index in [4.69, 9.17) is 0 Å². The van der Waals surface area contributed by atoms with Crippen molar-refractivity contribution in [3.8, 4) is 0 Å². The van der Waals surface area contributed by atoms with Crippen LogP contribution in [0.5, 0.6) is 0 Å². The number of amides is 1. The number of carbonyl (C=O) groups excluding carboxylic acids is 1. The monoisotopic (exact) mass is 274 g/mol. The summed E-state index contributed by atoms with van der Waals surface area (Å²) < 4.78 is 0. The van der Waals surface area contributed by atoms with E-state index in [2.05, 4.69) is 29.2 Å². The molecule has 4 heteroatoms. The van der Waals surface area contributed by atoms with Gasteiger partial charge in [0, 0.05) is 19.6 Å². The maximum Gasteiger partial charge on any atom is 0.225 e. The Hall–Kier alpha value is -1.39. The molecule has 1 aromatic rings. The van der Waals surface area contributed by atoms with Gasteiger partial charge in [-0.1, -0.05) is 24.3 Å². The summed E-state index contributed by atoms with van der Waals surface area (Å²) in [4.78, 5) is 15.9. The molecule has 0 aromatic heterocycles. The lowest BCUT2D eigenvalue weighted by Crippen LogP contribution is -2.25. The van der Waals surface area contributed by atoms with Crippen LogP contribution in [-0.2, 0) is 17.9 Å². The van der Waals surface area contributed by atoms with E-state index in [9.17, 15) is 9.90 Å². The number of hydrogen-bond acceptors (Lipinski definition) is 3. The fourth-order valence-corrected chi connectivity index (χ4v) is 3.07. The van der Waals surface area contributed by atoms with Crippen molar-refractivity contribution in [2.24, 2.45) is 0 Å². The molecule has 0 radical (unpaired) electrons. The number of benzene rings is 1. The minimum atomic E-state index is -0.489. The highest BCUT2D eigenvalue weighted by atomic mass is 16.3.